The molecule has 0 saturated carbocycles. The van der Waals surface area contributed by atoms with Crippen LogP contribution in [0.1, 0.15) is 30.6 Å². The van der Waals surface area contributed by atoms with Crippen molar-refractivity contribution in [3.8, 4) is 0 Å². The standard InChI is InChI=1S/C13H18N2O3/c1-3-13(17)8-15(9-13)11-6-5-10(7-14-11)12(16)18-4-2/h5-7,17H,3-4,8-9H2,1-2H3. The normalized spacial score (nSPS) is 17.2. The van der Waals surface area contributed by atoms with E-state index in [1.807, 2.05) is 11.8 Å². The molecule has 5 heteroatoms. The zero-order valence-electron chi connectivity index (χ0n) is 10.7. The Hall–Kier alpha value is -1.62. The number of hydrogen-bond donors (Lipinski definition) is 1. The number of ether oxygens (including phenoxy) is 1. The molecule has 1 aromatic heterocycles. The third-order valence-corrected chi connectivity index (χ3v) is 3.21. The monoisotopic (exact) mass is 250 g/mol. The number of aromatic nitrogens is 1. The van der Waals surface area contributed by atoms with Crippen molar-refractivity contribution in [3.05, 3.63) is 23.9 Å². The first kappa shape index (κ1) is 12.8. The van der Waals surface area contributed by atoms with Gasteiger partial charge in [-0.3, -0.25) is 0 Å². The van der Waals surface area contributed by atoms with Gasteiger partial charge in [-0.15, -0.1) is 0 Å². The van der Waals surface area contributed by atoms with Gasteiger partial charge in [0.1, 0.15) is 5.82 Å². The summed E-state index contributed by atoms with van der Waals surface area (Å²) in [5.41, 5.74) is -0.131. The van der Waals surface area contributed by atoms with Gasteiger partial charge >= 0.3 is 5.97 Å². The first-order valence-electron chi connectivity index (χ1n) is 6.18. The van der Waals surface area contributed by atoms with E-state index in [1.165, 1.54) is 6.20 Å². The van der Waals surface area contributed by atoms with Gasteiger partial charge in [-0.1, -0.05) is 6.92 Å². The van der Waals surface area contributed by atoms with Gasteiger partial charge in [-0.25, -0.2) is 9.78 Å². The van der Waals surface area contributed by atoms with E-state index in [2.05, 4.69) is 4.98 Å². The molecule has 1 saturated heterocycles. The van der Waals surface area contributed by atoms with Crippen molar-refractivity contribution >= 4 is 11.8 Å². The Labute approximate surface area is 106 Å². The Morgan fingerprint density at radius 2 is 2.22 bits per heavy atom. The first-order valence-corrected chi connectivity index (χ1v) is 6.18. The molecular weight excluding hydrogens is 232 g/mol. The molecule has 2 rings (SSSR count). The van der Waals surface area contributed by atoms with E-state index in [9.17, 15) is 9.90 Å². The van der Waals surface area contributed by atoms with Crippen LogP contribution in [0.2, 0.25) is 0 Å². The van der Waals surface area contributed by atoms with Gasteiger partial charge in [0.15, 0.2) is 0 Å². The smallest absolute Gasteiger partial charge is 0.339 e. The number of hydrogen-bond acceptors (Lipinski definition) is 5. The lowest BCUT2D eigenvalue weighted by molar-refractivity contribution is 0.00803. The summed E-state index contributed by atoms with van der Waals surface area (Å²) in [6, 6.07) is 3.48. The maximum atomic E-state index is 11.4. The Bertz CT molecular complexity index is 424. The SMILES string of the molecule is CCOC(=O)c1ccc(N2CC(O)(CC)C2)nc1. The van der Waals surface area contributed by atoms with Crippen LogP contribution in [0, 0.1) is 0 Å². The summed E-state index contributed by atoms with van der Waals surface area (Å²) in [4.78, 5) is 17.6. The summed E-state index contributed by atoms with van der Waals surface area (Å²) in [6.45, 7) is 5.28. The lowest BCUT2D eigenvalue weighted by Gasteiger charge is -2.46. The molecule has 2 heterocycles. The molecule has 1 fully saturated rings. The number of nitrogens with zero attached hydrogens (tertiary/aromatic N) is 2. The second kappa shape index (κ2) is 4.94. The van der Waals surface area contributed by atoms with Crippen molar-refractivity contribution in [2.75, 3.05) is 24.6 Å². The number of rotatable bonds is 4. The van der Waals surface area contributed by atoms with Gasteiger partial charge in [0, 0.05) is 19.3 Å². The predicted octanol–water partition coefficient (Wildman–Crippen LogP) is 1.22. The second-order valence-corrected chi connectivity index (χ2v) is 4.56. The minimum absolute atomic E-state index is 0.356. The Morgan fingerprint density at radius 1 is 1.50 bits per heavy atom. The fourth-order valence-electron chi connectivity index (χ4n) is 1.96. The maximum Gasteiger partial charge on any atom is 0.339 e. The number of anilines is 1. The van der Waals surface area contributed by atoms with Crippen LogP contribution in [-0.2, 0) is 4.74 Å². The van der Waals surface area contributed by atoms with Crippen molar-refractivity contribution < 1.29 is 14.6 Å². The molecule has 1 aromatic rings. The number of esters is 1. The summed E-state index contributed by atoms with van der Waals surface area (Å²) in [5.74, 6) is 0.423. The van der Waals surface area contributed by atoms with Crippen molar-refractivity contribution in [1.82, 2.24) is 4.98 Å². The molecule has 1 aliphatic heterocycles. The molecule has 0 atom stereocenters. The third kappa shape index (κ3) is 2.46. The van der Waals surface area contributed by atoms with E-state index in [0.717, 1.165) is 12.2 Å². The number of β-amino-alcohol motifs (C(OH)–C–C–N with tert-alkyl or cyclic N) is 1. The predicted molar refractivity (Wildman–Crippen MR) is 67.6 cm³/mol. The molecule has 1 aliphatic rings. The highest BCUT2D eigenvalue weighted by Crippen LogP contribution is 2.28. The van der Waals surface area contributed by atoms with Gasteiger partial charge in [0.05, 0.1) is 17.8 Å². The Balaban J connectivity index is 1.99. The molecule has 0 aliphatic carbocycles. The molecule has 1 N–H and O–H groups in total. The molecular formula is C13H18N2O3. The fraction of sp³-hybridized carbons (Fsp3) is 0.538. The van der Waals surface area contributed by atoms with E-state index < -0.39 is 5.60 Å². The summed E-state index contributed by atoms with van der Waals surface area (Å²) in [7, 11) is 0. The number of aliphatic hydroxyl groups is 1. The summed E-state index contributed by atoms with van der Waals surface area (Å²) < 4.78 is 4.89. The van der Waals surface area contributed by atoms with Crippen LogP contribution in [0.3, 0.4) is 0 Å². The van der Waals surface area contributed by atoms with E-state index in [4.69, 9.17) is 4.74 Å². The molecule has 0 spiro atoms. The zero-order chi connectivity index (χ0) is 13.2. The van der Waals surface area contributed by atoms with Gasteiger partial charge in [-0.05, 0) is 25.5 Å². The lowest BCUT2D eigenvalue weighted by Crippen LogP contribution is -2.61. The summed E-state index contributed by atoms with van der Waals surface area (Å²) in [6.07, 6.45) is 2.25. The van der Waals surface area contributed by atoms with Gasteiger partial charge in [0.25, 0.3) is 0 Å². The number of pyridine rings is 1. The highest BCUT2D eigenvalue weighted by molar-refractivity contribution is 5.89. The van der Waals surface area contributed by atoms with Gasteiger partial charge < -0.3 is 14.7 Å². The van der Waals surface area contributed by atoms with Crippen LogP contribution >= 0.6 is 0 Å². The summed E-state index contributed by atoms with van der Waals surface area (Å²) >= 11 is 0. The molecule has 98 valence electrons. The van der Waals surface area contributed by atoms with Crippen LogP contribution in [0.15, 0.2) is 18.3 Å². The van der Waals surface area contributed by atoms with Crippen LogP contribution in [0.25, 0.3) is 0 Å². The average molecular weight is 250 g/mol. The Morgan fingerprint density at radius 3 is 2.72 bits per heavy atom. The highest BCUT2D eigenvalue weighted by Gasteiger charge is 2.39. The molecule has 5 nitrogen and oxygen atoms in total. The second-order valence-electron chi connectivity index (χ2n) is 4.56. The minimum Gasteiger partial charge on any atom is -0.462 e. The van der Waals surface area contributed by atoms with E-state index >= 15 is 0 Å². The van der Waals surface area contributed by atoms with E-state index in [0.29, 0.717) is 25.3 Å². The molecule has 0 bridgehead atoms. The number of carbonyl (C=O) groups is 1. The molecule has 0 amide bonds. The van der Waals surface area contributed by atoms with Crippen molar-refractivity contribution in [2.24, 2.45) is 0 Å². The molecule has 18 heavy (non-hydrogen) atoms. The quantitative estimate of drug-likeness (QED) is 0.814. The first-order chi connectivity index (χ1) is 8.58. The van der Waals surface area contributed by atoms with Crippen LogP contribution in [0.5, 0.6) is 0 Å². The van der Waals surface area contributed by atoms with Crippen LogP contribution in [-0.4, -0.2) is 41.4 Å². The van der Waals surface area contributed by atoms with Gasteiger partial charge in [-0.2, -0.15) is 0 Å². The average Bonchev–Trinajstić information content (AvgIpc) is 2.35. The fourth-order valence-corrected chi connectivity index (χ4v) is 1.96. The third-order valence-electron chi connectivity index (χ3n) is 3.21. The van der Waals surface area contributed by atoms with Crippen molar-refractivity contribution in [1.29, 1.82) is 0 Å². The van der Waals surface area contributed by atoms with Crippen LogP contribution < -0.4 is 4.90 Å². The van der Waals surface area contributed by atoms with Crippen LogP contribution in [0.4, 0.5) is 5.82 Å². The Kier molecular flexibility index (Phi) is 3.52. The summed E-state index contributed by atoms with van der Waals surface area (Å²) in [5, 5.41) is 9.92. The largest absolute Gasteiger partial charge is 0.462 e. The topological polar surface area (TPSA) is 62.7 Å². The van der Waals surface area contributed by atoms with E-state index in [1.54, 1.807) is 19.1 Å². The maximum absolute atomic E-state index is 11.4. The minimum atomic E-state index is -0.582. The number of carbonyl (C=O) groups excluding carboxylic acids is 1. The van der Waals surface area contributed by atoms with E-state index in [-0.39, 0.29) is 5.97 Å². The van der Waals surface area contributed by atoms with Crippen molar-refractivity contribution in [2.45, 2.75) is 25.9 Å². The van der Waals surface area contributed by atoms with Crippen molar-refractivity contribution in [3.63, 3.8) is 0 Å². The molecule has 0 aromatic carbocycles. The molecule has 0 unspecified atom stereocenters. The molecule has 0 radical (unpaired) electrons. The zero-order valence-corrected chi connectivity index (χ0v) is 10.7. The highest BCUT2D eigenvalue weighted by atomic mass is 16.5. The lowest BCUT2D eigenvalue weighted by atomic mass is 9.91. The van der Waals surface area contributed by atoms with Gasteiger partial charge in [0.2, 0.25) is 0 Å².